The van der Waals surface area contributed by atoms with Gasteiger partial charge in [-0.1, -0.05) is 25.4 Å². The van der Waals surface area contributed by atoms with Gasteiger partial charge >= 0.3 is 0 Å². The van der Waals surface area contributed by atoms with Crippen molar-refractivity contribution in [1.82, 2.24) is 5.32 Å². The molecule has 4 heteroatoms. The molecule has 0 spiro atoms. The van der Waals surface area contributed by atoms with E-state index in [2.05, 4.69) is 19.2 Å². The van der Waals surface area contributed by atoms with E-state index >= 15 is 0 Å². The van der Waals surface area contributed by atoms with Crippen LogP contribution in [-0.4, -0.2) is 6.04 Å². The first-order valence-electron chi connectivity index (χ1n) is 6.91. The molecule has 2 aromatic carbocycles. The molecule has 0 aliphatic rings. The van der Waals surface area contributed by atoms with Gasteiger partial charge < -0.3 is 10.1 Å². The molecule has 1 N–H and O–H groups in total. The smallest absolute Gasteiger partial charge is 0.132 e. The van der Waals surface area contributed by atoms with Gasteiger partial charge in [0.05, 0.1) is 0 Å². The van der Waals surface area contributed by atoms with Gasteiger partial charge in [-0.25, -0.2) is 4.39 Å². The number of halogens is 2. The summed E-state index contributed by atoms with van der Waals surface area (Å²) in [6, 6.07) is 10.6. The van der Waals surface area contributed by atoms with E-state index in [4.69, 9.17) is 16.3 Å². The van der Waals surface area contributed by atoms with Gasteiger partial charge in [0.15, 0.2) is 0 Å². The normalized spacial score (nSPS) is 11.0. The van der Waals surface area contributed by atoms with Crippen molar-refractivity contribution < 1.29 is 9.13 Å². The SMILES string of the molecule is Cc1cc(Oc2ccc(Cl)cc2CNC(C)C)ccc1F. The molecule has 0 amide bonds. The topological polar surface area (TPSA) is 21.3 Å². The maximum atomic E-state index is 13.3. The van der Waals surface area contributed by atoms with E-state index in [9.17, 15) is 4.39 Å². The molecule has 0 heterocycles. The molecule has 2 aromatic rings. The Morgan fingerprint density at radius 3 is 2.62 bits per heavy atom. The van der Waals surface area contributed by atoms with E-state index in [1.165, 1.54) is 6.07 Å². The molecule has 112 valence electrons. The van der Waals surface area contributed by atoms with E-state index in [0.717, 1.165) is 11.3 Å². The fourth-order valence-electron chi connectivity index (χ4n) is 1.91. The minimum Gasteiger partial charge on any atom is -0.457 e. The highest BCUT2D eigenvalue weighted by Crippen LogP contribution is 2.29. The fraction of sp³-hybridized carbons (Fsp3) is 0.294. The lowest BCUT2D eigenvalue weighted by atomic mass is 10.2. The number of benzene rings is 2. The van der Waals surface area contributed by atoms with Crippen LogP contribution in [0.4, 0.5) is 4.39 Å². The van der Waals surface area contributed by atoms with Crippen molar-refractivity contribution in [3.05, 3.63) is 58.4 Å². The maximum Gasteiger partial charge on any atom is 0.132 e. The molecule has 2 rings (SSSR count). The molecule has 0 aliphatic heterocycles. The highest BCUT2D eigenvalue weighted by Gasteiger charge is 2.08. The van der Waals surface area contributed by atoms with Crippen LogP contribution in [0, 0.1) is 12.7 Å². The van der Waals surface area contributed by atoms with Gasteiger partial charge in [0, 0.05) is 23.2 Å². The standard InChI is InChI=1S/C17H19ClFNO/c1-11(2)20-10-13-9-14(18)4-7-17(13)21-15-5-6-16(19)12(3)8-15/h4-9,11,20H,10H2,1-3H3. The van der Waals surface area contributed by atoms with Crippen LogP contribution >= 0.6 is 11.6 Å². The molecule has 21 heavy (non-hydrogen) atoms. The van der Waals surface area contributed by atoms with Crippen molar-refractivity contribution in [2.45, 2.75) is 33.4 Å². The van der Waals surface area contributed by atoms with Crippen molar-refractivity contribution in [2.75, 3.05) is 0 Å². The van der Waals surface area contributed by atoms with Gasteiger partial charge in [-0.15, -0.1) is 0 Å². The second-order valence-electron chi connectivity index (χ2n) is 5.30. The van der Waals surface area contributed by atoms with Crippen molar-refractivity contribution in [1.29, 1.82) is 0 Å². The Balaban J connectivity index is 2.23. The van der Waals surface area contributed by atoms with Crippen LogP contribution in [0.15, 0.2) is 36.4 Å². The zero-order chi connectivity index (χ0) is 15.4. The third kappa shape index (κ3) is 4.45. The van der Waals surface area contributed by atoms with Gasteiger partial charge in [0.1, 0.15) is 17.3 Å². The van der Waals surface area contributed by atoms with Crippen LogP contribution in [0.2, 0.25) is 5.02 Å². The van der Waals surface area contributed by atoms with Crippen LogP contribution in [-0.2, 0) is 6.54 Å². The first-order valence-corrected chi connectivity index (χ1v) is 7.29. The molecular weight excluding hydrogens is 289 g/mol. The van der Waals surface area contributed by atoms with Crippen LogP contribution in [0.3, 0.4) is 0 Å². The number of hydrogen-bond acceptors (Lipinski definition) is 2. The molecule has 0 saturated carbocycles. The number of ether oxygens (including phenoxy) is 1. The third-order valence-electron chi connectivity index (χ3n) is 3.08. The van der Waals surface area contributed by atoms with Crippen molar-refractivity contribution in [3.8, 4) is 11.5 Å². The summed E-state index contributed by atoms with van der Waals surface area (Å²) in [6.07, 6.45) is 0. The van der Waals surface area contributed by atoms with Crippen LogP contribution in [0.5, 0.6) is 11.5 Å². The van der Waals surface area contributed by atoms with E-state index in [0.29, 0.717) is 28.9 Å². The highest BCUT2D eigenvalue weighted by molar-refractivity contribution is 6.30. The molecule has 0 aliphatic carbocycles. The summed E-state index contributed by atoms with van der Waals surface area (Å²) in [5, 5.41) is 4.00. The Labute approximate surface area is 129 Å². The summed E-state index contributed by atoms with van der Waals surface area (Å²) < 4.78 is 19.2. The van der Waals surface area contributed by atoms with Crippen LogP contribution in [0.25, 0.3) is 0 Å². The minimum atomic E-state index is -0.236. The Morgan fingerprint density at radius 2 is 1.95 bits per heavy atom. The maximum absolute atomic E-state index is 13.3. The summed E-state index contributed by atoms with van der Waals surface area (Å²) in [7, 11) is 0. The lowest BCUT2D eigenvalue weighted by Crippen LogP contribution is -2.22. The third-order valence-corrected chi connectivity index (χ3v) is 3.32. The first-order chi connectivity index (χ1) is 9.95. The monoisotopic (exact) mass is 307 g/mol. The second kappa shape index (κ2) is 6.92. The number of hydrogen-bond donors (Lipinski definition) is 1. The molecule has 0 bridgehead atoms. The van der Waals surface area contributed by atoms with Crippen molar-refractivity contribution >= 4 is 11.6 Å². The predicted octanol–water partition coefficient (Wildman–Crippen LogP) is 5.08. The molecule has 0 unspecified atom stereocenters. The second-order valence-corrected chi connectivity index (χ2v) is 5.74. The van der Waals surface area contributed by atoms with E-state index in [1.807, 2.05) is 12.1 Å². The first kappa shape index (κ1) is 15.8. The summed E-state index contributed by atoms with van der Waals surface area (Å²) in [5.41, 5.74) is 1.53. The van der Waals surface area contributed by atoms with Gasteiger partial charge in [-0.3, -0.25) is 0 Å². The molecule has 0 aromatic heterocycles. The molecule has 2 nitrogen and oxygen atoms in total. The largest absolute Gasteiger partial charge is 0.457 e. The predicted molar refractivity (Wildman–Crippen MR) is 84.6 cm³/mol. The Hall–Kier alpha value is -1.58. The zero-order valence-corrected chi connectivity index (χ0v) is 13.2. The number of aryl methyl sites for hydroxylation is 1. The summed E-state index contributed by atoms with van der Waals surface area (Å²) in [6.45, 7) is 6.53. The van der Waals surface area contributed by atoms with Crippen LogP contribution in [0.1, 0.15) is 25.0 Å². The Bertz CT molecular complexity index is 628. The minimum absolute atomic E-state index is 0.236. The average Bonchev–Trinajstić information content (AvgIpc) is 2.43. The lowest BCUT2D eigenvalue weighted by molar-refractivity contribution is 0.467. The fourth-order valence-corrected chi connectivity index (χ4v) is 2.10. The van der Waals surface area contributed by atoms with Crippen molar-refractivity contribution in [3.63, 3.8) is 0 Å². The molecule has 0 atom stereocenters. The summed E-state index contributed by atoms with van der Waals surface area (Å²) >= 11 is 6.05. The summed E-state index contributed by atoms with van der Waals surface area (Å²) in [4.78, 5) is 0. The van der Waals surface area contributed by atoms with E-state index < -0.39 is 0 Å². The van der Waals surface area contributed by atoms with Crippen LogP contribution < -0.4 is 10.1 Å². The molecular formula is C17H19ClFNO. The van der Waals surface area contributed by atoms with Gasteiger partial charge in [-0.05, 0) is 48.9 Å². The lowest BCUT2D eigenvalue weighted by Gasteiger charge is -2.14. The van der Waals surface area contributed by atoms with Gasteiger partial charge in [0.25, 0.3) is 0 Å². The van der Waals surface area contributed by atoms with Crippen molar-refractivity contribution in [2.24, 2.45) is 0 Å². The highest BCUT2D eigenvalue weighted by atomic mass is 35.5. The number of nitrogens with one attached hydrogen (secondary N) is 1. The molecule has 0 saturated heterocycles. The van der Waals surface area contributed by atoms with Gasteiger partial charge in [0.2, 0.25) is 0 Å². The summed E-state index contributed by atoms with van der Waals surface area (Å²) in [5.74, 6) is 1.10. The Morgan fingerprint density at radius 1 is 1.19 bits per heavy atom. The molecule has 0 fully saturated rings. The zero-order valence-electron chi connectivity index (χ0n) is 12.4. The number of rotatable bonds is 5. The quantitative estimate of drug-likeness (QED) is 0.832. The Kier molecular flexibility index (Phi) is 5.21. The van der Waals surface area contributed by atoms with E-state index in [-0.39, 0.29) is 5.82 Å². The van der Waals surface area contributed by atoms with E-state index in [1.54, 1.807) is 25.1 Å². The average molecular weight is 308 g/mol. The molecule has 0 radical (unpaired) electrons. The van der Waals surface area contributed by atoms with Gasteiger partial charge in [-0.2, -0.15) is 0 Å².